The molecule has 0 bridgehead atoms. The second-order valence-corrected chi connectivity index (χ2v) is 7.56. The fourth-order valence-electron chi connectivity index (χ4n) is 3.75. The van der Waals surface area contributed by atoms with Gasteiger partial charge in [-0.25, -0.2) is 0 Å². The Morgan fingerprint density at radius 1 is 0.968 bits per heavy atom. The van der Waals surface area contributed by atoms with E-state index in [-0.39, 0.29) is 5.69 Å². The van der Waals surface area contributed by atoms with Crippen LogP contribution in [-0.2, 0) is 13.2 Å². The molecule has 2 heterocycles. The first-order valence-electron chi connectivity index (χ1n) is 9.65. The van der Waals surface area contributed by atoms with E-state index in [9.17, 15) is 18.0 Å². The molecule has 0 spiro atoms. The lowest BCUT2D eigenvalue weighted by molar-refractivity contribution is -0.137. The number of carbonyl (C=O) groups is 1. The summed E-state index contributed by atoms with van der Waals surface area (Å²) >= 11 is 0. The number of fused-ring (bicyclic) bond motifs is 1. The normalized spacial score (nSPS) is 11.7. The number of amides is 1. The van der Waals surface area contributed by atoms with Gasteiger partial charge < -0.3 is 9.88 Å². The third-order valence-electron chi connectivity index (χ3n) is 5.07. The summed E-state index contributed by atoms with van der Waals surface area (Å²) in [5, 5.41) is 3.38. The number of pyridine rings is 1. The molecule has 2 aromatic carbocycles. The number of nitrogens with zero attached hydrogens (tertiary/aromatic N) is 2. The molecule has 4 rings (SSSR count). The van der Waals surface area contributed by atoms with E-state index in [1.165, 1.54) is 0 Å². The number of hydrogen-bond acceptors (Lipinski definition) is 2. The number of aromatic nitrogens is 2. The smallest absolute Gasteiger partial charge is 0.350 e. The first-order chi connectivity index (χ1) is 14.6. The van der Waals surface area contributed by atoms with Crippen molar-refractivity contribution >= 4 is 22.5 Å². The Balaban J connectivity index is 1.77. The molecular formula is C24H20F3N3O. The van der Waals surface area contributed by atoms with Crippen molar-refractivity contribution < 1.29 is 18.0 Å². The van der Waals surface area contributed by atoms with Gasteiger partial charge in [-0.1, -0.05) is 18.2 Å². The summed E-state index contributed by atoms with van der Waals surface area (Å²) in [4.78, 5) is 17.2. The van der Waals surface area contributed by atoms with Crippen LogP contribution in [-0.4, -0.2) is 15.5 Å². The Morgan fingerprint density at radius 2 is 1.61 bits per heavy atom. The number of hydrogen-bond donors (Lipinski definition) is 1. The maximum Gasteiger partial charge on any atom is 0.416 e. The van der Waals surface area contributed by atoms with Crippen molar-refractivity contribution in [2.45, 2.75) is 20.0 Å². The fourth-order valence-corrected chi connectivity index (χ4v) is 3.75. The second kappa shape index (κ2) is 7.58. The number of para-hydroxylation sites is 1. The number of benzene rings is 2. The number of alkyl halides is 3. The van der Waals surface area contributed by atoms with E-state index in [0.717, 1.165) is 23.0 Å². The second-order valence-electron chi connectivity index (χ2n) is 7.56. The molecule has 4 aromatic rings. The molecule has 1 amide bonds. The lowest BCUT2D eigenvalue weighted by Crippen LogP contribution is -2.13. The molecule has 0 aliphatic carbocycles. The van der Waals surface area contributed by atoms with Crippen LogP contribution in [0.3, 0.4) is 0 Å². The van der Waals surface area contributed by atoms with E-state index in [1.807, 2.05) is 35.9 Å². The van der Waals surface area contributed by atoms with Gasteiger partial charge in [-0.2, -0.15) is 13.2 Å². The van der Waals surface area contributed by atoms with Crippen molar-refractivity contribution in [1.29, 1.82) is 0 Å². The average molecular weight is 423 g/mol. The van der Waals surface area contributed by atoms with Crippen LogP contribution in [0.1, 0.15) is 27.3 Å². The molecule has 0 aliphatic rings. The third-order valence-corrected chi connectivity index (χ3v) is 5.07. The molecule has 0 radical (unpaired) electrons. The van der Waals surface area contributed by atoms with Gasteiger partial charge in [0, 0.05) is 41.2 Å². The van der Waals surface area contributed by atoms with E-state index in [1.54, 1.807) is 38.2 Å². The monoisotopic (exact) mass is 423 g/mol. The van der Waals surface area contributed by atoms with Gasteiger partial charge in [0.05, 0.1) is 11.1 Å². The van der Waals surface area contributed by atoms with Crippen molar-refractivity contribution in [2.75, 3.05) is 5.32 Å². The van der Waals surface area contributed by atoms with Crippen LogP contribution >= 0.6 is 0 Å². The third kappa shape index (κ3) is 4.17. The molecule has 1 N–H and O–H groups in total. The number of carbonyl (C=O) groups excluding carboxylic acids is 1. The molecule has 31 heavy (non-hydrogen) atoms. The summed E-state index contributed by atoms with van der Waals surface area (Å²) in [6.45, 7) is 3.57. The van der Waals surface area contributed by atoms with Crippen LogP contribution in [0.4, 0.5) is 18.9 Å². The molecule has 0 saturated carbocycles. The Bertz CT molecular complexity index is 1290. The molecule has 0 aliphatic heterocycles. The zero-order valence-corrected chi connectivity index (χ0v) is 17.2. The zero-order valence-electron chi connectivity index (χ0n) is 17.2. The summed E-state index contributed by atoms with van der Waals surface area (Å²) in [6, 6.07) is 14.4. The number of aryl methyl sites for hydroxylation is 3. The maximum atomic E-state index is 13.6. The summed E-state index contributed by atoms with van der Waals surface area (Å²) in [6.07, 6.45) is -2.88. The Morgan fingerprint density at radius 3 is 2.29 bits per heavy atom. The molecule has 158 valence electrons. The van der Waals surface area contributed by atoms with Crippen molar-refractivity contribution in [1.82, 2.24) is 9.55 Å². The van der Waals surface area contributed by atoms with Gasteiger partial charge >= 0.3 is 6.18 Å². The van der Waals surface area contributed by atoms with Crippen LogP contribution in [0, 0.1) is 13.8 Å². The van der Waals surface area contributed by atoms with Crippen molar-refractivity contribution in [2.24, 2.45) is 7.05 Å². The molecule has 7 heteroatoms. The van der Waals surface area contributed by atoms with Crippen LogP contribution in [0.25, 0.3) is 22.0 Å². The molecule has 0 unspecified atom stereocenters. The highest BCUT2D eigenvalue weighted by Crippen LogP contribution is 2.35. The summed E-state index contributed by atoms with van der Waals surface area (Å²) in [5.74, 6) is -0.468. The van der Waals surface area contributed by atoms with E-state index in [4.69, 9.17) is 0 Å². The number of nitrogens with one attached hydrogen (secondary N) is 1. The molecule has 2 aromatic heterocycles. The summed E-state index contributed by atoms with van der Waals surface area (Å²) < 4.78 is 42.5. The van der Waals surface area contributed by atoms with Gasteiger partial charge in [0.2, 0.25) is 0 Å². The van der Waals surface area contributed by atoms with E-state index in [2.05, 4.69) is 10.3 Å². The molecule has 0 atom stereocenters. The minimum absolute atomic E-state index is 0.0786. The highest BCUT2D eigenvalue weighted by molar-refractivity contribution is 6.13. The van der Waals surface area contributed by atoms with Crippen LogP contribution in [0.15, 0.2) is 60.8 Å². The highest BCUT2D eigenvalue weighted by atomic mass is 19.4. The van der Waals surface area contributed by atoms with Crippen molar-refractivity contribution in [3.05, 3.63) is 83.3 Å². The predicted octanol–water partition coefficient (Wildman–Crippen LogP) is 6.13. The van der Waals surface area contributed by atoms with Crippen molar-refractivity contribution in [3.8, 4) is 11.1 Å². The lowest BCUT2D eigenvalue weighted by atomic mass is 10.0. The predicted molar refractivity (Wildman–Crippen MR) is 115 cm³/mol. The van der Waals surface area contributed by atoms with Crippen molar-refractivity contribution in [3.63, 3.8) is 0 Å². The summed E-state index contributed by atoms with van der Waals surface area (Å²) in [7, 11) is 1.82. The quantitative estimate of drug-likeness (QED) is 0.431. The van der Waals surface area contributed by atoms with Gasteiger partial charge in [-0.15, -0.1) is 0 Å². The fraction of sp³-hybridized carbons (Fsp3) is 0.167. The number of halogens is 3. The minimum atomic E-state index is -4.55. The van der Waals surface area contributed by atoms with Crippen LogP contribution in [0.2, 0.25) is 0 Å². The summed E-state index contributed by atoms with van der Waals surface area (Å²) in [5.41, 5.74) is 2.88. The minimum Gasteiger partial charge on any atom is -0.350 e. The molecule has 4 nitrogen and oxygen atoms in total. The molecule has 0 fully saturated rings. The molecular weight excluding hydrogens is 403 g/mol. The van der Waals surface area contributed by atoms with Gasteiger partial charge in [0.25, 0.3) is 5.91 Å². The van der Waals surface area contributed by atoms with E-state index in [0.29, 0.717) is 28.1 Å². The van der Waals surface area contributed by atoms with Gasteiger partial charge in [0.15, 0.2) is 0 Å². The van der Waals surface area contributed by atoms with Crippen LogP contribution < -0.4 is 5.32 Å². The van der Waals surface area contributed by atoms with Gasteiger partial charge in [0.1, 0.15) is 0 Å². The zero-order chi connectivity index (χ0) is 22.3. The highest BCUT2D eigenvalue weighted by Gasteiger charge is 2.31. The van der Waals surface area contributed by atoms with Crippen LogP contribution in [0.5, 0.6) is 0 Å². The Hall–Kier alpha value is -3.61. The largest absolute Gasteiger partial charge is 0.416 e. The number of rotatable bonds is 3. The van der Waals surface area contributed by atoms with Gasteiger partial charge in [-0.05, 0) is 61.4 Å². The van der Waals surface area contributed by atoms with E-state index < -0.39 is 17.6 Å². The molecule has 0 saturated heterocycles. The first-order valence-corrected chi connectivity index (χ1v) is 9.65. The maximum absolute atomic E-state index is 13.6. The lowest BCUT2D eigenvalue weighted by Gasteiger charge is -2.14. The van der Waals surface area contributed by atoms with Gasteiger partial charge in [-0.3, -0.25) is 9.78 Å². The standard InChI is InChI=1S/C24H20F3N3O/c1-14-8-16(9-15(2)28-14)17-10-18(24(25,26)27)12-19(11-17)29-23(31)21-13-30(3)22-7-5-4-6-20(21)22/h4-13H,1-3H3,(H,29,31). The SMILES string of the molecule is Cc1cc(-c2cc(NC(=O)c3cn(C)c4ccccc34)cc(C(F)(F)F)c2)cc(C)n1. The average Bonchev–Trinajstić information content (AvgIpc) is 3.03. The topological polar surface area (TPSA) is 46.9 Å². The number of anilines is 1. The van der Waals surface area contributed by atoms with E-state index >= 15 is 0 Å². The Kier molecular flexibility index (Phi) is 5.05. The Labute approximate surface area is 177 Å². The first kappa shape index (κ1) is 20.7.